The predicted octanol–water partition coefficient (Wildman–Crippen LogP) is 0.889. The van der Waals surface area contributed by atoms with E-state index in [1.807, 2.05) is 0 Å². The van der Waals surface area contributed by atoms with Crippen LogP contribution in [0.25, 0.3) is 0 Å². The highest BCUT2D eigenvalue weighted by Gasteiger charge is 2.50. The maximum Gasteiger partial charge on any atom is 0.227 e. The molecule has 1 N–H and O–H groups in total. The Morgan fingerprint density at radius 1 is 1.62 bits per heavy atom. The third-order valence-corrected chi connectivity index (χ3v) is 3.88. The van der Waals surface area contributed by atoms with Gasteiger partial charge in [0.25, 0.3) is 0 Å². The molecule has 4 heteroatoms. The highest BCUT2D eigenvalue weighted by molar-refractivity contribution is 5.84. The van der Waals surface area contributed by atoms with Crippen LogP contribution >= 0.6 is 0 Å². The predicted molar refractivity (Wildman–Crippen MR) is 60.5 cm³/mol. The second kappa shape index (κ2) is 4.06. The molecule has 1 spiro atoms. The second-order valence-corrected chi connectivity index (χ2v) is 5.25. The Balaban J connectivity index is 2.20. The first-order valence-corrected chi connectivity index (χ1v) is 6.03. The summed E-state index contributed by atoms with van der Waals surface area (Å²) < 4.78 is 0. The average Bonchev–Trinajstić information content (AvgIpc) is 2.63. The Bertz CT molecular complexity index is 334. The van der Waals surface area contributed by atoms with E-state index < -0.39 is 0 Å². The van der Waals surface area contributed by atoms with Crippen molar-refractivity contribution < 1.29 is 4.79 Å². The first kappa shape index (κ1) is 11.4. The van der Waals surface area contributed by atoms with Gasteiger partial charge in [-0.2, -0.15) is 5.26 Å². The molecule has 2 fully saturated rings. The van der Waals surface area contributed by atoms with Gasteiger partial charge in [-0.1, -0.05) is 0 Å². The first-order chi connectivity index (χ1) is 7.59. The van der Waals surface area contributed by atoms with E-state index in [0.717, 1.165) is 25.9 Å². The summed E-state index contributed by atoms with van der Waals surface area (Å²) in [4.78, 5) is 14.2. The van der Waals surface area contributed by atoms with E-state index in [0.29, 0.717) is 12.5 Å². The minimum absolute atomic E-state index is 0.0937. The molecule has 88 valence electrons. The van der Waals surface area contributed by atoms with E-state index in [2.05, 4.69) is 30.1 Å². The summed E-state index contributed by atoms with van der Waals surface area (Å²) in [6.07, 6.45) is 2.67. The number of carbonyl (C=O) groups excluding carboxylic acids is 1. The van der Waals surface area contributed by atoms with Gasteiger partial charge in [0.1, 0.15) is 0 Å². The summed E-state index contributed by atoms with van der Waals surface area (Å²) in [5.41, 5.74) is -0.289. The van der Waals surface area contributed by atoms with E-state index >= 15 is 0 Å². The molecule has 0 aromatic heterocycles. The number of rotatable bonds is 1. The zero-order valence-corrected chi connectivity index (χ0v) is 9.99. The van der Waals surface area contributed by atoms with Crippen molar-refractivity contribution in [1.29, 1.82) is 5.26 Å². The van der Waals surface area contributed by atoms with Crippen LogP contribution in [0.15, 0.2) is 0 Å². The van der Waals surface area contributed by atoms with Crippen LogP contribution < -0.4 is 5.32 Å². The lowest BCUT2D eigenvalue weighted by atomic mass is 9.78. The van der Waals surface area contributed by atoms with Gasteiger partial charge < -0.3 is 5.32 Å². The van der Waals surface area contributed by atoms with Crippen molar-refractivity contribution in [1.82, 2.24) is 10.2 Å². The van der Waals surface area contributed by atoms with Gasteiger partial charge in [-0.15, -0.1) is 0 Å². The molecule has 0 unspecified atom stereocenters. The number of nitrogens with one attached hydrogen (secondary N) is 1. The molecule has 0 aromatic carbocycles. The minimum atomic E-state index is -0.289. The van der Waals surface area contributed by atoms with E-state index in [1.165, 1.54) is 0 Å². The number of hydrogen-bond donors (Lipinski definition) is 1. The van der Waals surface area contributed by atoms with Gasteiger partial charge in [-0.05, 0) is 33.1 Å². The van der Waals surface area contributed by atoms with Gasteiger partial charge in [-0.3, -0.25) is 9.69 Å². The lowest BCUT2D eigenvalue weighted by molar-refractivity contribution is -0.132. The minimum Gasteiger partial charge on any atom is -0.356 e. The summed E-state index contributed by atoms with van der Waals surface area (Å²) >= 11 is 0. The summed E-state index contributed by atoms with van der Waals surface area (Å²) in [6.45, 7) is 5.71. The lowest BCUT2D eigenvalue weighted by Crippen LogP contribution is -2.47. The van der Waals surface area contributed by atoms with Crippen LogP contribution in [0, 0.1) is 16.7 Å². The third-order valence-electron chi connectivity index (χ3n) is 3.88. The van der Waals surface area contributed by atoms with Gasteiger partial charge in [0.2, 0.25) is 5.91 Å². The number of nitriles is 1. The molecule has 2 atom stereocenters. The smallest absolute Gasteiger partial charge is 0.227 e. The monoisotopic (exact) mass is 221 g/mol. The summed E-state index contributed by atoms with van der Waals surface area (Å²) in [5, 5.41) is 12.1. The van der Waals surface area contributed by atoms with Crippen LogP contribution in [0.4, 0.5) is 0 Å². The van der Waals surface area contributed by atoms with Crippen LogP contribution in [-0.2, 0) is 4.79 Å². The highest BCUT2D eigenvalue weighted by Crippen LogP contribution is 2.41. The van der Waals surface area contributed by atoms with Crippen LogP contribution in [0.3, 0.4) is 0 Å². The number of likely N-dealkylation sites (tertiary alicyclic amines) is 1. The number of nitrogens with zero attached hydrogens (tertiary/aromatic N) is 2. The van der Waals surface area contributed by atoms with E-state index in [-0.39, 0.29) is 17.4 Å². The maximum atomic E-state index is 12.0. The molecule has 2 rings (SSSR count). The Morgan fingerprint density at radius 3 is 2.88 bits per heavy atom. The number of carbonyl (C=O) groups is 1. The summed E-state index contributed by atoms with van der Waals surface area (Å²) in [5.74, 6) is 0.155. The lowest BCUT2D eigenvalue weighted by Gasteiger charge is -2.32. The number of hydrogen-bond acceptors (Lipinski definition) is 3. The Kier molecular flexibility index (Phi) is 2.90. The molecule has 0 bridgehead atoms. The molecule has 16 heavy (non-hydrogen) atoms. The highest BCUT2D eigenvalue weighted by atomic mass is 16.2. The molecular formula is C12H19N3O. The van der Waals surface area contributed by atoms with Crippen molar-refractivity contribution in [3.8, 4) is 6.07 Å². The molecule has 2 saturated heterocycles. The Labute approximate surface area is 96.6 Å². The molecule has 2 heterocycles. The largest absolute Gasteiger partial charge is 0.356 e. The van der Waals surface area contributed by atoms with Gasteiger partial charge in [0, 0.05) is 19.1 Å². The topological polar surface area (TPSA) is 56.1 Å². The molecule has 0 aliphatic carbocycles. The van der Waals surface area contributed by atoms with Crippen LogP contribution in [0.1, 0.15) is 33.1 Å². The molecule has 1 amide bonds. The van der Waals surface area contributed by atoms with E-state index in [4.69, 9.17) is 5.26 Å². The molecule has 0 saturated carbocycles. The van der Waals surface area contributed by atoms with Gasteiger partial charge >= 0.3 is 0 Å². The van der Waals surface area contributed by atoms with Crippen LogP contribution in [0.2, 0.25) is 0 Å². The fraction of sp³-hybridized carbons (Fsp3) is 0.833. The zero-order chi connectivity index (χ0) is 11.8. The van der Waals surface area contributed by atoms with Gasteiger partial charge in [0.05, 0.1) is 17.5 Å². The Morgan fingerprint density at radius 2 is 2.38 bits per heavy atom. The molecule has 0 aromatic rings. The van der Waals surface area contributed by atoms with Crippen molar-refractivity contribution >= 4 is 5.91 Å². The van der Waals surface area contributed by atoms with Crippen molar-refractivity contribution in [2.24, 2.45) is 5.41 Å². The van der Waals surface area contributed by atoms with Crippen LogP contribution in [-0.4, -0.2) is 36.0 Å². The molecule has 2 aliphatic heterocycles. The van der Waals surface area contributed by atoms with E-state index in [1.54, 1.807) is 0 Å². The van der Waals surface area contributed by atoms with Crippen molar-refractivity contribution in [3.63, 3.8) is 0 Å². The molecule has 4 nitrogen and oxygen atoms in total. The zero-order valence-electron chi connectivity index (χ0n) is 9.99. The van der Waals surface area contributed by atoms with Crippen molar-refractivity contribution in [3.05, 3.63) is 0 Å². The number of amides is 1. The average molecular weight is 221 g/mol. The fourth-order valence-corrected chi connectivity index (χ4v) is 2.95. The van der Waals surface area contributed by atoms with Crippen molar-refractivity contribution in [2.75, 3.05) is 13.1 Å². The molecule has 2 aliphatic rings. The number of piperidine rings is 1. The summed E-state index contributed by atoms with van der Waals surface area (Å²) in [7, 11) is 0. The molecule has 0 radical (unpaired) electrons. The quantitative estimate of drug-likeness (QED) is 0.715. The second-order valence-electron chi connectivity index (χ2n) is 5.25. The first-order valence-electron chi connectivity index (χ1n) is 6.03. The normalized spacial score (nSPS) is 35.4. The van der Waals surface area contributed by atoms with Gasteiger partial charge in [0.15, 0.2) is 0 Å². The van der Waals surface area contributed by atoms with Crippen molar-refractivity contribution in [2.45, 2.75) is 45.2 Å². The van der Waals surface area contributed by atoms with E-state index in [9.17, 15) is 4.79 Å². The Hall–Kier alpha value is -1.08. The molecular weight excluding hydrogens is 202 g/mol. The summed E-state index contributed by atoms with van der Waals surface area (Å²) in [6, 6.07) is 2.57. The fourth-order valence-electron chi connectivity index (χ4n) is 2.95. The van der Waals surface area contributed by atoms with Gasteiger partial charge in [-0.25, -0.2) is 0 Å². The SMILES string of the molecule is CC(C)N1C[C@]2(CCCNC2=O)C[C@H]1C#N. The van der Waals surface area contributed by atoms with Crippen LogP contribution in [0.5, 0.6) is 0 Å². The third kappa shape index (κ3) is 1.69. The standard InChI is InChI=1S/C12H19N3O/c1-9(2)15-8-12(6-10(15)7-13)4-3-5-14-11(12)16/h9-10H,3-6,8H2,1-2H3,(H,14,16)/t10-,12-/m0/s1. The maximum absolute atomic E-state index is 12.0.